The molecule has 1 heterocycles. The van der Waals surface area contributed by atoms with Gasteiger partial charge in [0, 0.05) is 13.6 Å². The van der Waals surface area contributed by atoms with Crippen molar-refractivity contribution >= 4 is 41.7 Å². The summed E-state index contributed by atoms with van der Waals surface area (Å²) in [6.45, 7) is 9.91. The zero-order valence-corrected chi connectivity index (χ0v) is 21.6. The van der Waals surface area contributed by atoms with Gasteiger partial charge in [0.25, 0.3) is 0 Å². The standard InChI is InChI=1S/C21H36N8O7/c1-20(2,3)35-18(33)27-16(28-19(34)36-21(4,5)6)26-12(9-8-10-23-17(31)32)15(30)25-13-11-24-29(7)14(13)22/h11-12,23H,8-10,22H2,1-7H3,(H,25,30)(H,31,32)(H2,26,27,28,33,34). The molecule has 0 fully saturated rings. The number of carbonyl (C=O) groups is 4. The summed E-state index contributed by atoms with van der Waals surface area (Å²) in [5, 5.41) is 22.6. The first-order valence-corrected chi connectivity index (χ1v) is 11.1. The first-order valence-electron chi connectivity index (χ1n) is 11.1. The van der Waals surface area contributed by atoms with E-state index in [4.69, 9.17) is 20.3 Å². The van der Waals surface area contributed by atoms with Gasteiger partial charge in [-0.25, -0.2) is 14.4 Å². The molecule has 0 saturated carbocycles. The summed E-state index contributed by atoms with van der Waals surface area (Å²) in [5.41, 5.74) is 4.41. The minimum atomic E-state index is -1.22. The van der Waals surface area contributed by atoms with E-state index < -0.39 is 47.4 Å². The number of ether oxygens (including phenoxy) is 2. The number of aliphatic imine (C=N–C) groups is 1. The molecule has 15 heteroatoms. The Morgan fingerprint density at radius 1 is 1.14 bits per heavy atom. The van der Waals surface area contributed by atoms with Gasteiger partial charge in [0.05, 0.1) is 6.20 Å². The van der Waals surface area contributed by atoms with E-state index in [1.807, 2.05) is 0 Å². The van der Waals surface area contributed by atoms with Crippen molar-refractivity contribution in [2.75, 3.05) is 17.6 Å². The Kier molecular flexibility index (Phi) is 10.5. The van der Waals surface area contributed by atoms with Gasteiger partial charge in [-0.1, -0.05) is 0 Å². The molecular weight excluding hydrogens is 476 g/mol. The van der Waals surface area contributed by atoms with Crippen LogP contribution in [0.25, 0.3) is 0 Å². The lowest BCUT2D eigenvalue weighted by molar-refractivity contribution is -0.118. The van der Waals surface area contributed by atoms with Crippen molar-refractivity contribution in [3.05, 3.63) is 6.20 Å². The maximum atomic E-state index is 13.0. The highest BCUT2D eigenvalue weighted by Crippen LogP contribution is 2.16. The SMILES string of the molecule is Cn1ncc(NC(=O)C(CCCNC(=O)O)N/C(=N\C(=O)OC(C)(C)C)NC(=O)OC(C)(C)C)c1N. The largest absolute Gasteiger partial charge is 0.465 e. The summed E-state index contributed by atoms with van der Waals surface area (Å²) in [6.07, 6.45) is -1.51. The highest BCUT2D eigenvalue weighted by molar-refractivity contribution is 6.03. The van der Waals surface area contributed by atoms with Gasteiger partial charge in [0.1, 0.15) is 28.7 Å². The topological polar surface area (TPSA) is 211 Å². The van der Waals surface area contributed by atoms with Gasteiger partial charge >= 0.3 is 18.3 Å². The second-order valence-corrected chi connectivity index (χ2v) is 9.70. The second-order valence-electron chi connectivity index (χ2n) is 9.70. The number of amides is 4. The Bertz CT molecular complexity index is 976. The minimum Gasteiger partial charge on any atom is -0.465 e. The van der Waals surface area contributed by atoms with E-state index in [-0.39, 0.29) is 30.9 Å². The van der Waals surface area contributed by atoms with Crippen LogP contribution in [0.15, 0.2) is 11.2 Å². The second kappa shape index (κ2) is 12.6. The lowest BCUT2D eigenvalue weighted by Gasteiger charge is -2.23. The molecule has 1 atom stereocenters. The number of carboxylic acid groups (broad SMARTS) is 1. The van der Waals surface area contributed by atoms with Gasteiger partial charge in [-0.2, -0.15) is 5.10 Å². The quantitative estimate of drug-likeness (QED) is 0.177. The van der Waals surface area contributed by atoms with Crippen LogP contribution in [-0.2, 0) is 21.3 Å². The molecule has 1 aromatic rings. The van der Waals surface area contributed by atoms with Crippen molar-refractivity contribution in [2.24, 2.45) is 12.0 Å². The highest BCUT2D eigenvalue weighted by Gasteiger charge is 2.25. The molecule has 0 saturated heterocycles. The lowest BCUT2D eigenvalue weighted by atomic mass is 10.1. The van der Waals surface area contributed by atoms with Crippen molar-refractivity contribution in [3.8, 4) is 0 Å². The van der Waals surface area contributed by atoms with Gasteiger partial charge in [0.15, 0.2) is 0 Å². The van der Waals surface area contributed by atoms with Crippen LogP contribution in [0.2, 0.25) is 0 Å². The van der Waals surface area contributed by atoms with Gasteiger partial charge in [-0.15, -0.1) is 4.99 Å². The lowest BCUT2D eigenvalue weighted by Crippen LogP contribution is -2.51. The number of alkyl carbamates (subject to hydrolysis) is 1. The van der Waals surface area contributed by atoms with E-state index in [9.17, 15) is 19.2 Å². The van der Waals surface area contributed by atoms with Crippen LogP contribution in [0, 0.1) is 0 Å². The third kappa shape index (κ3) is 11.9. The number of nitrogens with two attached hydrogens (primary N) is 1. The predicted octanol–water partition coefficient (Wildman–Crippen LogP) is 1.76. The number of carbonyl (C=O) groups excluding carboxylic acids is 3. The fourth-order valence-corrected chi connectivity index (χ4v) is 2.57. The number of aromatic nitrogens is 2. The van der Waals surface area contributed by atoms with Gasteiger partial charge in [0.2, 0.25) is 11.9 Å². The number of nitrogen functional groups attached to an aromatic ring is 1. The predicted molar refractivity (Wildman–Crippen MR) is 131 cm³/mol. The summed E-state index contributed by atoms with van der Waals surface area (Å²) in [7, 11) is 1.59. The summed E-state index contributed by atoms with van der Waals surface area (Å²) >= 11 is 0. The van der Waals surface area contributed by atoms with Crippen LogP contribution in [0.3, 0.4) is 0 Å². The number of anilines is 2. The molecule has 0 aliphatic heterocycles. The number of nitrogens with zero attached hydrogens (tertiary/aromatic N) is 3. The first kappa shape index (κ1) is 30.0. The fraction of sp³-hybridized carbons (Fsp3) is 0.619. The van der Waals surface area contributed by atoms with E-state index in [2.05, 4.69) is 31.4 Å². The minimum absolute atomic E-state index is 0.0495. The van der Waals surface area contributed by atoms with Crippen LogP contribution < -0.4 is 27.0 Å². The van der Waals surface area contributed by atoms with E-state index in [1.165, 1.54) is 10.9 Å². The number of hydrogen-bond acceptors (Lipinski definition) is 8. The summed E-state index contributed by atoms with van der Waals surface area (Å²) in [6, 6.07) is -1.09. The van der Waals surface area contributed by atoms with E-state index in [0.717, 1.165) is 0 Å². The van der Waals surface area contributed by atoms with E-state index in [0.29, 0.717) is 0 Å². The first-order chi connectivity index (χ1) is 16.5. The van der Waals surface area contributed by atoms with Gasteiger partial charge in [-0.05, 0) is 54.4 Å². The Morgan fingerprint density at radius 3 is 2.25 bits per heavy atom. The van der Waals surface area contributed by atoms with Crippen LogP contribution in [0.4, 0.5) is 25.9 Å². The number of hydrogen-bond donors (Lipinski definition) is 6. The van der Waals surface area contributed by atoms with Gasteiger partial charge in [-0.3, -0.25) is 14.8 Å². The molecule has 36 heavy (non-hydrogen) atoms. The van der Waals surface area contributed by atoms with Crippen LogP contribution in [0.1, 0.15) is 54.4 Å². The molecule has 0 aromatic carbocycles. The molecule has 0 aliphatic carbocycles. The molecule has 7 N–H and O–H groups in total. The molecule has 0 bridgehead atoms. The monoisotopic (exact) mass is 512 g/mol. The highest BCUT2D eigenvalue weighted by atomic mass is 16.6. The molecule has 0 aliphatic rings. The van der Waals surface area contributed by atoms with Crippen molar-refractivity contribution in [3.63, 3.8) is 0 Å². The molecule has 0 spiro atoms. The van der Waals surface area contributed by atoms with Crippen LogP contribution in [0.5, 0.6) is 0 Å². The summed E-state index contributed by atoms with van der Waals surface area (Å²) in [5.74, 6) is -0.805. The van der Waals surface area contributed by atoms with Crippen molar-refractivity contribution in [2.45, 2.75) is 71.6 Å². The zero-order chi connectivity index (χ0) is 27.7. The molecule has 1 aromatic heterocycles. The Balaban J connectivity index is 3.18. The molecule has 1 rings (SSSR count). The number of aryl methyl sites for hydroxylation is 1. The molecular formula is C21H36N8O7. The summed E-state index contributed by atoms with van der Waals surface area (Å²) in [4.78, 5) is 52.2. The molecule has 4 amide bonds. The van der Waals surface area contributed by atoms with E-state index in [1.54, 1.807) is 48.6 Å². The Morgan fingerprint density at radius 2 is 1.75 bits per heavy atom. The number of guanidine groups is 1. The number of rotatable bonds is 7. The molecule has 0 radical (unpaired) electrons. The van der Waals surface area contributed by atoms with Crippen molar-refractivity contribution in [1.29, 1.82) is 0 Å². The molecule has 202 valence electrons. The van der Waals surface area contributed by atoms with Crippen LogP contribution in [-0.4, -0.2) is 68.8 Å². The molecule has 1 unspecified atom stereocenters. The smallest absolute Gasteiger partial charge is 0.437 e. The Hall–Kier alpha value is -4.04. The summed E-state index contributed by atoms with van der Waals surface area (Å²) < 4.78 is 11.7. The third-order valence-corrected chi connectivity index (χ3v) is 4.03. The maximum absolute atomic E-state index is 13.0. The maximum Gasteiger partial charge on any atom is 0.437 e. The van der Waals surface area contributed by atoms with Crippen molar-refractivity contribution < 1.29 is 33.8 Å². The number of nitrogens with one attached hydrogen (secondary N) is 4. The zero-order valence-electron chi connectivity index (χ0n) is 21.6. The fourth-order valence-electron chi connectivity index (χ4n) is 2.57. The molecule has 15 nitrogen and oxygen atoms in total. The average Bonchev–Trinajstić information content (AvgIpc) is 2.98. The van der Waals surface area contributed by atoms with E-state index >= 15 is 0 Å². The normalized spacial score (nSPS) is 12.8. The Labute approximate surface area is 209 Å². The van der Waals surface area contributed by atoms with Crippen molar-refractivity contribution in [1.82, 2.24) is 25.7 Å². The average molecular weight is 513 g/mol. The van der Waals surface area contributed by atoms with Gasteiger partial charge < -0.3 is 36.3 Å². The third-order valence-electron chi connectivity index (χ3n) is 4.03. The van der Waals surface area contributed by atoms with Crippen LogP contribution >= 0.6 is 0 Å².